The summed E-state index contributed by atoms with van der Waals surface area (Å²) < 4.78 is 58.0. The van der Waals surface area contributed by atoms with Gasteiger partial charge >= 0.3 is 12.1 Å². The molecule has 4 N–H and O–H groups in total. The highest BCUT2D eigenvalue weighted by Crippen LogP contribution is 2.46. The molecule has 6 rings (SSSR count). The lowest BCUT2D eigenvalue weighted by atomic mass is 9.95. The summed E-state index contributed by atoms with van der Waals surface area (Å²) in [4.78, 5) is 23.6. The monoisotopic (exact) mass is 726 g/mol. The van der Waals surface area contributed by atoms with Gasteiger partial charge in [0.2, 0.25) is 0 Å². The fraction of sp³-hybridized carbons (Fsp3) is 0.441. The third-order valence-corrected chi connectivity index (χ3v) is 10.2. The normalized spacial score (nSPS) is 19.6. The van der Waals surface area contributed by atoms with Crippen LogP contribution in [-0.4, -0.2) is 70.6 Å². The zero-order chi connectivity index (χ0) is 36.0. The van der Waals surface area contributed by atoms with Crippen LogP contribution in [0.4, 0.5) is 28.8 Å². The van der Waals surface area contributed by atoms with Crippen molar-refractivity contribution in [2.75, 3.05) is 36.9 Å². The molecule has 1 amide bonds. The molecule has 11 nitrogen and oxygen atoms in total. The van der Waals surface area contributed by atoms with Crippen molar-refractivity contribution in [2.45, 2.75) is 69.8 Å². The average Bonchev–Trinajstić information content (AvgIpc) is 3.69. The number of carbonyl (C=O) groups excluding carboxylic acids is 1. The van der Waals surface area contributed by atoms with Gasteiger partial charge in [-0.1, -0.05) is 17.7 Å². The van der Waals surface area contributed by atoms with Gasteiger partial charge in [0.05, 0.1) is 33.3 Å². The van der Waals surface area contributed by atoms with E-state index in [0.29, 0.717) is 13.0 Å². The van der Waals surface area contributed by atoms with Gasteiger partial charge in [0.1, 0.15) is 46.6 Å². The second-order valence-electron chi connectivity index (χ2n) is 13.5. The van der Waals surface area contributed by atoms with Gasteiger partial charge < -0.3 is 20.5 Å². The van der Waals surface area contributed by atoms with Crippen molar-refractivity contribution >= 4 is 60.8 Å². The molecule has 4 aromatic rings. The van der Waals surface area contributed by atoms with E-state index in [9.17, 15) is 14.4 Å². The van der Waals surface area contributed by atoms with Crippen molar-refractivity contribution in [1.82, 2.24) is 14.9 Å². The Kier molecular flexibility index (Phi) is 9.72. The van der Waals surface area contributed by atoms with E-state index in [2.05, 4.69) is 25.5 Å². The van der Waals surface area contributed by atoms with Gasteiger partial charge in [-0.25, -0.2) is 18.0 Å². The number of rotatable bonds is 9. The van der Waals surface area contributed by atoms with Crippen LogP contribution < -0.4 is 21.1 Å². The molecule has 262 valence electrons. The molecular weight excluding hydrogens is 693 g/mol. The molecule has 3 atom stereocenters. The fourth-order valence-corrected chi connectivity index (χ4v) is 8.02. The van der Waals surface area contributed by atoms with Crippen LogP contribution in [0.2, 0.25) is 5.02 Å². The Morgan fingerprint density at radius 1 is 1.30 bits per heavy atom. The molecule has 0 bridgehead atoms. The number of benzene rings is 2. The van der Waals surface area contributed by atoms with E-state index in [1.807, 2.05) is 12.1 Å². The van der Waals surface area contributed by atoms with E-state index < -0.39 is 41.1 Å². The first kappa shape index (κ1) is 35.4. The van der Waals surface area contributed by atoms with Gasteiger partial charge in [0.25, 0.3) is 0 Å². The first-order valence-corrected chi connectivity index (χ1v) is 17.2. The van der Waals surface area contributed by atoms with Crippen LogP contribution in [0.25, 0.3) is 32.1 Å². The number of carbonyl (C=O) groups is 1. The first-order chi connectivity index (χ1) is 23.7. The van der Waals surface area contributed by atoms with Crippen molar-refractivity contribution < 1.29 is 27.4 Å². The minimum Gasteiger partial charge on any atom is -0.461 e. The summed E-state index contributed by atoms with van der Waals surface area (Å²) in [7, 11) is 0. The second kappa shape index (κ2) is 13.7. The van der Waals surface area contributed by atoms with E-state index in [-0.39, 0.29) is 79.1 Å². The maximum Gasteiger partial charge on any atom is 0.412 e. The number of halogens is 4. The molecule has 0 saturated carbocycles. The highest BCUT2D eigenvalue weighted by molar-refractivity contribution is 7.23. The van der Waals surface area contributed by atoms with Gasteiger partial charge in [-0.15, -0.1) is 11.3 Å². The summed E-state index contributed by atoms with van der Waals surface area (Å²) in [6.07, 6.45) is 0.140. The van der Waals surface area contributed by atoms with E-state index in [1.54, 1.807) is 20.8 Å². The number of nitriles is 2. The summed E-state index contributed by atoms with van der Waals surface area (Å²) in [5.41, 5.74) is 4.30. The Balaban J connectivity index is 1.47. The zero-order valence-corrected chi connectivity index (χ0v) is 29.1. The molecule has 2 aliphatic rings. The smallest absolute Gasteiger partial charge is 0.412 e. The lowest BCUT2D eigenvalue weighted by Gasteiger charge is -2.30. The second-order valence-corrected chi connectivity index (χ2v) is 14.9. The number of aromatic nitrogens is 2. The van der Waals surface area contributed by atoms with E-state index in [4.69, 9.17) is 32.1 Å². The maximum absolute atomic E-state index is 16.9. The van der Waals surface area contributed by atoms with Crippen LogP contribution >= 0.6 is 22.9 Å². The molecule has 4 heterocycles. The van der Waals surface area contributed by atoms with Crippen LogP contribution in [0.3, 0.4) is 0 Å². The number of ether oxygens (including phenoxy) is 2. The highest BCUT2D eigenvalue weighted by atomic mass is 35.5. The molecule has 0 aliphatic carbocycles. The van der Waals surface area contributed by atoms with Crippen LogP contribution in [0.15, 0.2) is 18.2 Å². The zero-order valence-electron chi connectivity index (χ0n) is 27.5. The summed E-state index contributed by atoms with van der Waals surface area (Å²) in [6.45, 7) is 6.26. The third-order valence-electron chi connectivity index (χ3n) is 8.76. The number of anilines is 2. The number of nitrogens with two attached hydrogens (primary N) is 1. The highest BCUT2D eigenvalue weighted by Gasteiger charge is 2.49. The Hall–Kier alpha value is -4.41. The van der Waals surface area contributed by atoms with Gasteiger partial charge in [-0.05, 0) is 57.9 Å². The summed E-state index contributed by atoms with van der Waals surface area (Å²) in [5.74, 6) is -1.46. The Labute approximate surface area is 295 Å². The molecule has 0 unspecified atom stereocenters. The summed E-state index contributed by atoms with van der Waals surface area (Å²) >= 11 is 7.56. The third kappa shape index (κ3) is 6.83. The number of thiophene rings is 1. The number of nitrogens with one attached hydrogen (secondary N) is 2. The summed E-state index contributed by atoms with van der Waals surface area (Å²) in [5, 5.41) is 25.0. The van der Waals surface area contributed by atoms with Gasteiger partial charge in [0, 0.05) is 41.9 Å². The molecule has 2 saturated heterocycles. The van der Waals surface area contributed by atoms with E-state index in [1.165, 1.54) is 12.1 Å². The number of nitrogens with zero attached hydrogens (tertiary/aromatic N) is 5. The van der Waals surface area contributed by atoms with Crippen molar-refractivity contribution in [2.24, 2.45) is 5.73 Å². The molecular formula is C34H34ClF3N8O3S. The first-order valence-electron chi connectivity index (χ1n) is 16.0. The number of fused-ring (bicyclic) bond motifs is 3. The van der Waals surface area contributed by atoms with Gasteiger partial charge in [-0.3, -0.25) is 10.2 Å². The SMILES string of the molecule is CC(C)(C)OC(=O)Nc1sc2c(F)ccc(-c3c(Cl)cc4c(NC[C@@H](N)CC#N)nc(OC[C@@]56CCCN5C[C@H](F)C6)nc4c3F)c2c1C#N. The Bertz CT molecular complexity index is 2080. The van der Waals surface area contributed by atoms with Crippen LogP contribution in [0.1, 0.15) is 52.0 Å². The lowest BCUT2D eigenvalue weighted by Crippen LogP contribution is -2.43. The fourth-order valence-electron chi connectivity index (χ4n) is 6.66. The van der Waals surface area contributed by atoms with Crippen molar-refractivity contribution in [3.8, 4) is 29.3 Å². The molecule has 2 aromatic carbocycles. The van der Waals surface area contributed by atoms with E-state index in [0.717, 1.165) is 36.8 Å². The van der Waals surface area contributed by atoms with Crippen LogP contribution in [0.5, 0.6) is 6.01 Å². The van der Waals surface area contributed by atoms with Crippen molar-refractivity contribution in [3.63, 3.8) is 0 Å². The minimum absolute atomic E-state index is 0.00989. The maximum atomic E-state index is 16.9. The lowest BCUT2D eigenvalue weighted by molar-refractivity contribution is 0.0636. The molecule has 2 fully saturated rings. The minimum atomic E-state index is -0.986. The summed E-state index contributed by atoms with van der Waals surface area (Å²) in [6, 6.07) is 7.13. The molecule has 2 aliphatic heterocycles. The Morgan fingerprint density at radius 3 is 2.80 bits per heavy atom. The average molecular weight is 727 g/mol. The standard InChI is InChI=1S/C34H34ClF3N8O3S/c1-33(2,3)49-32(47)45-30-21(13-40)24-19(5-6-23(37)28(24)50-30)25-22(35)11-20-27(26(25)38)43-31(44-29(20)42-14-18(41)7-9-39)48-16-34-8-4-10-46(34)15-17(36)12-34/h5-6,11,17-18H,4,7-8,10,12,14-16,41H2,1-3H3,(H,45,47)(H,42,43,44)/t17-,18+,34+/m1/s1. The van der Waals surface area contributed by atoms with E-state index >= 15 is 8.78 Å². The quantitative estimate of drug-likeness (QED) is 0.160. The largest absolute Gasteiger partial charge is 0.461 e. The number of amides is 1. The van der Waals surface area contributed by atoms with Crippen LogP contribution in [0, 0.1) is 34.3 Å². The van der Waals surface area contributed by atoms with Crippen molar-refractivity contribution in [1.29, 1.82) is 10.5 Å². The molecule has 0 spiro atoms. The molecule has 50 heavy (non-hydrogen) atoms. The predicted molar refractivity (Wildman–Crippen MR) is 185 cm³/mol. The topological polar surface area (TPSA) is 162 Å². The molecule has 2 aromatic heterocycles. The number of alkyl halides is 1. The van der Waals surface area contributed by atoms with Gasteiger partial charge in [0.15, 0.2) is 5.82 Å². The van der Waals surface area contributed by atoms with Crippen LogP contribution in [-0.2, 0) is 4.74 Å². The van der Waals surface area contributed by atoms with Crippen molar-refractivity contribution in [3.05, 3.63) is 40.4 Å². The number of hydrogen-bond donors (Lipinski definition) is 3. The Morgan fingerprint density at radius 2 is 2.08 bits per heavy atom. The predicted octanol–water partition coefficient (Wildman–Crippen LogP) is 7.27. The molecule has 16 heteroatoms. The van der Waals surface area contributed by atoms with Gasteiger partial charge in [-0.2, -0.15) is 20.5 Å². The number of hydrogen-bond acceptors (Lipinski definition) is 11. The molecule has 0 radical (unpaired) electrons.